The van der Waals surface area contributed by atoms with Crippen LogP contribution in [-0.4, -0.2) is 30.7 Å². The molecule has 0 saturated heterocycles. The number of rotatable bonds is 7. The Hall–Kier alpha value is -3.19. The number of carbonyl (C=O) groups is 2. The van der Waals surface area contributed by atoms with Gasteiger partial charge in [-0.25, -0.2) is 4.79 Å². The second-order valence-corrected chi connectivity index (χ2v) is 6.14. The van der Waals surface area contributed by atoms with E-state index in [4.69, 9.17) is 21.7 Å². The lowest BCUT2D eigenvalue weighted by Crippen LogP contribution is -2.32. The molecule has 2 aromatic carbocycles. The van der Waals surface area contributed by atoms with Gasteiger partial charge in [-0.15, -0.1) is 0 Å². The fourth-order valence-corrected chi connectivity index (χ4v) is 2.47. The Morgan fingerprint density at radius 1 is 1.11 bits per heavy atom. The number of ether oxygens (including phenoxy) is 2. The molecule has 0 aliphatic rings. The number of hydrogen-bond donors (Lipinski definition) is 2. The van der Waals surface area contributed by atoms with Crippen molar-refractivity contribution in [2.75, 3.05) is 19.0 Å². The van der Waals surface area contributed by atoms with Crippen LogP contribution in [-0.2, 0) is 9.53 Å². The molecule has 0 aromatic heterocycles. The Labute approximate surface area is 169 Å². The maximum Gasteiger partial charge on any atom is 0.338 e. The molecule has 0 bridgehead atoms. The predicted octanol–water partition coefficient (Wildman–Crippen LogP) is 3.79. The predicted molar refractivity (Wildman–Crippen MR) is 113 cm³/mol. The first kappa shape index (κ1) is 21.1. The minimum atomic E-state index is -0.372. The first-order valence-electron chi connectivity index (χ1n) is 8.73. The fourth-order valence-electron chi connectivity index (χ4n) is 2.25. The summed E-state index contributed by atoms with van der Waals surface area (Å²) in [5, 5.41) is 5.60. The summed E-state index contributed by atoms with van der Waals surface area (Å²) in [4.78, 5) is 23.8. The highest BCUT2D eigenvalue weighted by Gasteiger charge is 2.07. The third-order valence-corrected chi connectivity index (χ3v) is 3.81. The number of methoxy groups -OCH3 is 1. The van der Waals surface area contributed by atoms with Gasteiger partial charge in [0.15, 0.2) is 5.11 Å². The molecule has 146 valence electrons. The van der Waals surface area contributed by atoms with Crippen molar-refractivity contribution in [2.24, 2.45) is 0 Å². The van der Waals surface area contributed by atoms with Crippen LogP contribution in [0.3, 0.4) is 0 Å². The molecule has 0 radical (unpaired) electrons. The first-order valence-corrected chi connectivity index (χ1v) is 9.14. The lowest BCUT2D eigenvalue weighted by molar-refractivity contribution is -0.115. The van der Waals surface area contributed by atoms with Crippen LogP contribution in [0.5, 0.6) is 5.75 Å². The monoisotopic (exact) mass is 398 g/mol. The number of hydrogen-bond acceptors (Lipinski definition) is 5. The van der Waals surface area contributed by atoms with Crippen LogP contribution < -0.4 is 15.4 Å². The average Bonchev–Trinajstić information content (AvgIpc) is 2.71. The fraction of sp³-hybridized carbons (Fsp3) is 0.190. The zero-order valence-corrected chi connectivity index (χ0v) is 16.5. The summed E-state index contributed by atoms with van der Waals surface area (Å²) < 4.78 is 10.3. The Balaban J connectivity index is 1.88. The van der Waals surface area contributed by atoms with E-state index < -0.39 is 0 Å². The molecule has 0 aliphatic carbocycles. The van der Waals surface area contributed by atoms with Crippen LogP contribution in [0.25, 0.3) is 6.08 Å². The van der Waals surface area contributed by atoms with E-state index in [-0.39, 0.29) is 17.0 Å². The number of para-hydroxylation sites is 1. The van der Waals surface area contributed by atoms with Gasteiger partial charge in [-0.3, -0.25) is 10.1 Å². The number of benzene rings is 2. The van der Waals surface area contributed by atoms with Crippen LogP contribution in [0.2, 0.25) is 0 Å². The summed E-state index contributed by atoms with van der Waals surface area (Å²) >= 11 is 5.14. The van der Waals surface area contributed by atoms with Gasteiger partial charge < -0.3 is 14.8 Å². The summed E-state index contributed by atoms with van der Waals surface area (Å²) in [7, 11) is 1.57. The molecule has 7 heteroatoms. The molecule has 1 amide bonds. The molecule has 0 spiro atoms. The second-order valence-electron chi connectivity index (χ2n) is 5.73. The van der Waals surface area contributed by atoms with E-state index >= 15 is 0 Å². The molecule has 2 rings (SSSR count). The number of carbonyl (C=O) groups excluding carboxylic acids is 2. The molecule has 0 saturated carbocycles. The molecule has 0 heterocycles. The summed E-state index contributed by atoms with van der Waals surface area (Å²) in [6, 6.07) is 14.0. The minimum absolute atomic E-state index is 0.149. The maximum atomic E-state index is 12.0. The second kappa shape index (κ2) is 10.8. The third kappa shape index (κ3) is 6.51. The van der Waals surface area contributed by atoms with Gasteiger partial charge in [0.05, 0.1) is 19.3 Å². The molecule has 0 fully saturated rings. The smallest absolute Gasteiger partial charge is 0.338 e. The highest BCUT2D eigenvalue weighted by molar-refractivity contribution is 7.80. The van der Waals surface area contributed by atoms with Crippen molar-refractivity contribution in [3.05, 3.63) is 65.7 Å². The van der Waals surface area contributed by atoms with E-state index in [1.54, 1.807) is 37.5 Å². The lowest BCUT2D eigenvalue weighted by Gasteiger charge is -2.09. The van der Waals surface area contributed by atoms with E-state index in [1.165, 1.54) is 6.08 Å². The number of thiocarbonyl (C=S) groups is 1. The van der Waals surface area contributed by atoms with Crippen LogP contribution >= 0.6 is 12.2 Å². The van der Waals surface area contributed by atoms with Gasteiger partial charge in [-0.2, -0.15) is 0 Å². The largest absolute Gasteiger partial charge is 0.496 e. The highest BCUT2D eigenvalue weighted by Crippen LogP contribution is 2.18. The van der Waals surface area contributed by atoms with Gasteiger partial charge in [0.1, 0.15) is 5.75 Å². The van der Waals surface area contributed by atoms with Crippen molar-refractivity contribution in [1.82, 2.24) is 5.32 Å². The summed E-state index contributed by atoms with van der Waals surface area (Å²) in [5.41, 5.74) is 1.88. The quantitative estimate of drug-likeness (QED) is 0.420. The first-order chi connectivity index (χ1) is 13.5. The molecule has 2 aromatic rings. The number of amides is 1. The Morgan fingerprint density at radius 2 is 1.82 bits per heavy atom. The van der Waals surface area contributed by atoms with Crippen LogP contribution in [0, 0.1) is 0 Å². The Bertz CT molecular complexity index is 863. The topological polar surface area (TPSA) is 76.7 Å². The normalized spacial score (nSPS) is 10.4. The van der Waals surface area contributed by atoms with Crippen LogP contribution in [0.4, 0.5) is 5.69 Å². The molecule has 2 N–H and O–H groups in total. The number of esters is 1. The van der Waals surface area contributed by atoms with Gasteiger partial charge in [0, 0.05) is 17.3 Å². The maximum absolute atomic E-state index is 12.0. The number of anilines is 1. The van der Waals surface area contributed by atoms with E-state index in [2.05, 4.69) is 10.6 Å². The van der Waals surface area contributed by atoms with Gasteiger partial charge in [-0.1, -0.05) is 25.1 Å². The zero-order chi connectivity index (χ0) is 20.4. The van der Waals surface area contributed by atoms with Crippen molar-refractivity contribution in [2.45, 2.75) is 13.3 Å². The van der Waals surface area contributed by atoms with Gasteiger partial charge >= 0.3 is 5.97 Å². The van der Waals surface area contributed by atoms with E-state index in [0.29, 0.717) is 23.6 Å². The van der Waals surface area contributed by atoms with Crippen molar-refractivity contribution >= 4 is 41.0 Å². The third-order valence-electron chi connectivity index (χ3n) is 3.61. The average molecular weight is 398 g/mol. The SMILES string of the molecule is CCCOC(=O)c1ccc(NC(=S)NC(=O)/C=C/c2ccccc2OC)cc1. The van der Waals surface area contributed by atoms with Crippen molar-refractivity contribution in [3.8, 4) is 5.75 Å². The summed E-state index contributed by atoms with van der Waals surface area (Å²) in [6.45, 7) is 2.32. The number of nitrogens with one attached hydrogen (secondary N) is 2. The lowest BCUT2D eigenvalue weighted by atomic mass is 10.2. The van der Waals surface area contributed by atoms with Gasteiger partial charge in [-0.05, 0) is 55.0 Å². The zero-order valence-electron chi connectivity index (χ0n) is 15.7. The Kier molecular flexibility index (Phi) is 8.17. The van der Waals surface area contributed by atoms with E-state index in [0.717, 1.165) is 12.0 Å². The molecular formula is C21H22N2O4S. The van der Waals surface area contributed by atoms with Crippen molar-refractivity contribution in [1.29, 1.82) is 0 Å². The van der Waals surface area contributed by atoms with Gasteiger partial charge in [0.25, 0.3) is 0 Å². The van der Waals surface area contributed by atoms with Crippen molar-refractivity contribution in [3.63, 3.8) is 0 Å². The molecule has 28 heavy (non-hydrogen) atoms. The molecule has 0 aliphatic heterocycles. The van der Waals surface area contributed by atoms with Gasteiger partial charge in [0.2, 0.25) is 5.91 Å². The molecule has 0 unspecified atom stereocenters. The minimum Gasteiger partial charge on any atom is -0.496 e. The van der Waals surface area contributed by atoms with Crippen LogP contribution in [0.15, 0.2) is 54.6 Å². The summed E-state index contributed by atoms with van der Waals surface area (Å²) in [5.74, 6) is -0.0706. The van der Waals surface area contributed by atoms with E-state index in [1.807, 2.05) is 31.2 Å². The molecule has 0 atom stereocenters. The Morgan fingerprint density at radius 3 is 2.50 bits per heavy atom. The summed E-state index contributed by atoms with van der Waals surface area (Å²) in [6.07, 6.45) is 3.79. The highest BCUT2D eigenvalue weighted by atomic mass is 32.1. The van der Waals surface area contributed by atoms with E-state index in [9.17, 15) is 9.59 Å². The molecular weight excluding hydrogens is 376 g/mol. The molecule has 6 nitrogen and oxygen atoms in total. The standard InChI is InChI=1S/C21H22N2O4S/c1-3-14-27-20(25)16-8-11-17(12-9-16)22-21(28)23-19(24)13-10-15-6-4-5-7-18(15)26-2/h4-13H,3,14H2,1-2H3,(H2,22,23,24,28)/b13-10+. The van der Waals surface area contributed by atoms with Crippen LogP contribution in [0.1, 0.15) is 29.3 Å². The van der Waals surface area contributed by atoms with Crippen molar-refractivity contribution < 1.29 is 19.1 Å².